The Morgan fingerprint density at radius 3 is 2.46 bits per heavy atom. The van der Waals surface area contributed by atoms with Crippen LogP contribution < -0.4 is 4.74 Å². The molecule has 0 bridgehead atoms. The third-order valence-electron chi connectivity index (χ3n) is 4.90. The van der Waals surface area contributed by atoms with Crippen molar-refractivity contribution in [1.29, 1.82) is 0 Å². The van der Waals surface area contributed by atoms with Crippen molar-refractivity contribution in [2.75, 3.05) is 26.2 Å². The van der Waals surface area contributed by atoms with Gasteiger partial charge in [-0.1, -0.05) is 36.4 Å². The lowest BCUT2D eigenvalue weighted by Gasteiger charge is -2.35. The normalized spacial score (nSPS) is 15.9. The van der Waals surface area contributed by atoms with Gasteiger partial charge in [0.2, 0.25) is 0 Å². The van der Waals surface area contributed by atoms with E-state index in [1.165, 1.54) is 11.6 Å². The van der Waals surface area contributed by atoms with Crippen molar-refractivity contribution < 1.29 is 14.5 Å². The maximum atomic E-state index is 12.7. The van der Waals surface area contributed by atoms with Gasteiger partial charge < -0.3 is 9.64 Å². The largest absolute Gasteiger partial charge is 0.474 e. The van der Waals surface area contributed by atoms with Crippen molar-refractivity contribution in [2.24, 2.45) is 0 Å². The van der Waals surface area contributed by atoms with Crippen LogP contribution in [0.4, 0.5) is 5.69 Å². The summed E-state index contributed by atoms with van der Waals surface area (Å²) in [5, 5.41) is 11.2. The van der Waals surface area contributed by atoms with Gasteiger partial charge in [-0.05, 0) is 31.0 Å². The Balaban J connectivity index is 1.56. The number of carbonyl (C=O) groups is 1. The van der Waals surface area contributed by atoms with E-state index in [2.05, 4.69) is 17.0 Å². The highest BCUT2D eigenvalue weighted by atomic mass is 16.6. The molecular formula is C21H25N3O4. The zero-order chi connectivity index (χ0) is 20.1. The molecule has 0 spiro atoms. The van der Waals surface area contributed by atoms with Crippen LogP contribution in [-0.4, -0.2) is 52.9 Å². The third-order valence-corrected chi connectivity index (χ3v) is 4.90. The SMILES string of the molecule is Cc1ccc(O[C@@H](C)C(=O)N2CCN(Cc3ccccc3)CC2)c([N+](=O)[O-])c1. The molecule has 2 aromatic carbocycles. The van der Waals surface area contributed by atoms with E-state index < -0.39 is 11.0 Å². The molecule has 0 radical (unpaired) electrons. The molecule has 1 saturated heterocycles. The predicted molar refractivity (Wildman–Crippen MR) is 106 cm³/mol. The maximum absolute atomic E-state index is 12.7. The van der Waals surface area contributed by atoms with E-state index in [4.69, 9.17) is 4.74 Å². The van der Waals surface area contributed by atoms with E-state index in [0.717, 1.165) is 25.2 Å². The zero-order valence-corrected chi connectivity index (χ0v) is 16.2. The minimum atomic E-state index is -0.776. The van der Waals surface area contributed by atoms with Crippen LogP contribution >= 0.6 is 0 Å². The highest BCUT2D eigenvalue weighted by molar-refractivity contribution is 5.81. The van der Waals surface area contributed by atoms with E-state index in [-0.39, 0.29) is 17.3 Å². The number of carbonyl (C=O) groups excluding carboxylic acids is 1. The molecule has 0 saturated carbocycles. The molecule has 2 aromatic rings. The Morgan fingerprint density at radius 2 is 1.82 bits per heavy atom. The fourth-order valence-corrected chi connectivity index (χ4v) is 3.34. The first-order valence-corrected chi connectivity index (χ1v) is 9.41. The molecule has 148 valence electrons. The second kappa shape index (κ2) is 8.84. The van der Waals surface area contributed by atoms with Crippen molar-refractivity contribution in [3.63, 3.8) is 0 Å². The number of benzene rings is 2. The topological polar surface area (TPSA) is 75.9 Å². The molecule has 1 heterocycles. The van der Waals surface area contributed by atoms with Gasteiger partial charge in [-0.2, -0.15) is 0 Å². The van der Waals surface area contributed by atoms with E-state index in [9.17, 15) is 14.9 Å². The van der Waals surface area contributed by atoms with Crippen LogP contribution in [0, 0.1) is 17.0 Å². The van der Waals surface area contributed by atoms with Gasteiger partial charge in [-0.25, -0.2) is 0 Å². The third kappa shape index (κ3) is 4.86. The van der Waals surface area contributed by atoms with Gasteiger partial charge in [0, 0.05) is 38.8 Å². The van der Waals surface area contributed by atoms with Crippen molar-refractivity contribution in [3.8, 4) is 5.75 Å². The van der Waals surface area contributed by atoms with E-state index in [1.807, 2.05) is 18.2 Å². The summed E-state index contributed by atoms with van der Waals surface area (Å²) in [4.78, 5) is 27.6. The lowest BCUT2D eigenvalue weighted by Crippen LogP contribution is -2.51. The highest BCUT2D eigenvalue weighted by Gasteiger charge is 2.27. The van der Waals surface area contributed by atoms with Gasteiger partial charge in [-0.3, -0.25) is 19.8 Å². The van der Waals surface area contributed by atoms with Crippen molar-refractivity contribution in [1.82, 2.24) is 9.80 Å². The second-order valence-corrected chi connectivity index (χ2v) is 7.08. The van der Waals surface area contributed by atoms with Gasteiger partial charge in [0.05, 0.1) is 4.92 Å². The number of ether oxygens (including phenoxy) is 1. The number of nitro benzene ring substituents is 1. The Bertz CT molecular complexity index is 833. The summed E-state index contributed by atoms with van der Waals surface area (Å²) < 4.78 is 5.65. The molecule has 1 atom stereocenters. The summed E-state index contributed by atoms with van der Waals surface area (Å²) in [6.45, 7) is 7.10. The minimum absolute atomic E-state index is 0.118. The Labute approximate surface area is 164 Å². The van der Waals surface area contributed by atoms with Crippen LogP contribution in [0.25, 0.3) is 0 Å². The fourth-order valence-electron chi connectivity index (χ4n) is 3.34. The minimum Gasteiger partial charge on any atom is -0.474 e. The smallest absolute Gasteiger partial charge is 0.311 e. The summed E-state index contributed by atoms with van der Waals surface area (Å²) in [6.07, 6.45) is -0.776. The first kappa shape index (κ1) is 19.8. The number of hydrogen-bond donors (Lipinski definition) is 0. The van der Waals surface area contributed by atoms with Crippen LogP contribution in [-0.2, 0) is 11.3 Å². The Hall–Kier alpha value is -2.93. The maximum Gasteiger partial charge on any atom is 0.311 e. The van der Waals surface area contributed by atoms with Gasteiger partial charge >= 0.3 is 5.69 Å². The van der Waals surface area contributed by atoms with Crippen LogP contribution in [0.1, 0.15) is 18.1 Å². The average molecular weight is 383 g/mol. The van der Waals surface area contributed by atoms with Crippen molar-refractivity contribution >= 4 is 11.6 Å². The molecular weight excluding hydrogens is 358 g/mol. The van der Waals surface area contributed by atoms with E-state index in [0.29, 0.717) is 13.1 Å². The number of amides is 1. The van der Waals surface area contributed by atoms with Gasteiger partial charge in [0.15, 0.2) is 11.9 Å². The lowest BCUT2D eigenvalue weighted by atomic mass is 10.2. The summed E-state index contributed by atoms with van der Waals surface area (Å²) in [6, 6.07) is 15.0. The summed E-state index contributed by atoms with van der Waals surface area (Å²) in [5.74, 6) is -0.0200. The van der Waals surface area contributed by atoms with E-state index >= 15 is 0 Å². The molecule has 7 heteroatoms. The molecule has 3 rings (SSSR count). The fraction of sp³-hybridized carbons (Fsp3) is 0.381. The molecule has 0 aromatic heterocycles. The number of nitro groups is 1. The first-order chi connectivity index (χ1) is 13.4. The number of rotatable bonds is 6. The number of nitrogens with zero attached hydrogens (tertiary/aromatic N) is 3. The standard InChI is InChI=1S/C21H25N3O4/c1-16-8-9-20(19(14-16)24(26)27)28-17(2)21(25)23-12-10-22(11-13-23)15-18-6-4-3-5-7-18/h3-9,14,17H,10-13,15H2,1-2H3/t17-/m0/s1. The Kier molecular flexibility index (Phi) is 6.26. The van der Waals surface area contributed by atoms with Gasteiger partial charge in [-0.15, -0.1) is 0 Å². The van der Waals surface area contributed by atoms with E-state index in [1.54, 1.807) is 30.9 Å². The van der Waals surface area contributed by atoms with Crippen LogP contribution in [0.15, 0.2) is 48.5 Å². The zero-order valence-electron chi connectivity index (χ0n) is 16.2. The van der Waals surface area contributed by atoms with Gasteiger partial charge in [0.25, 0.3) is 5.91 Å². The molecule has 28 heavy (non-hydrogen) atoms. The van der Waals surface area contributed by atoms with Crippen molar-refractivity contribution in [3.05, 3.63) is 69.8 Å². The van der Waals surface area contributed by atoms with Crippen molar-refractivity contribution in [2.45, 2.75) is 26.5 Å². The summed E-state index contributed by atoms with van der Waals surface area (Å²) in [7, 11) is 0. The molecule has 1 fully saturated rings. The summed E-state index contributed by atoms with van der Waals surface area (Å²) >= 11 is 0. The molecule has 7 nitrogen and oxygen atoms in total. The predicted octanol–water partition coefficient (Wildman–Crippen LogP) is 3.01. The molecule has 1 aliphatic heterocycles. The molecule has 0 unspecified atom stereocenters. The van der Waals surface area contributed by atoms with Crippen LogP contribution in [0.2, 0.25) is 0 Å². The van der Waals surface area contributed by atoms with Crippen LogP contribution in [0.5, 0.6) is 5.75 Å². The van der Waals surface area contributed by atoms with Crippen LogP contribution in [0.3, 0.4) is 0 Å². The number of piperazine rings is 1. The highest BCUT2D eigenvalue weighted by Crippen LogP contribution is 2.29. The average Bonchev–Trinajstić information content (AvgIpc) is 2.70. The molecule has 0 N–H and O–H groups in total. The first-order valence-electron chi connectivity index (χ1n) is 9.41. The quantitative estimate of drug-likeness (QED) is 0.566. The monoisotopic (exact) mass is 383 g/mol. The number of hydrogen-bond acceptors (Lipinski definition) is 5. The lowest BCUT2D eigenvalue weighted by molar-refractivity contribution is -0.386. The molecule has 0 aliphatic carbocycles. The van der Waals surface area contributed by atoms with Gasteiger partial charge in [0.1, 0.15) is 0 Å². The Morgan fingerprint density at radius 1 is 1.14 bits per heavy atom. The molecule has 1 aliphatic rings. The second-order valence-electron chi connectivity index (χ2n) is 7.08. The number of aryl methyl sites for hydroxylation is 1. The summed E-state index contributed by atoms with van der Waals surface area (Å²) in [5.41, 5.74) is 1.91. The molecule has 1 amide bonds.